The topological polar surface area (TPSA) is 66.6 Å². The summed E-state index contributed by atoms with van der Waals surface area (Å²) in [7, 11) is 0.297. The highest BCUT2D eigenvalue weighted by molar-refractivity contribution is 9.10. The number of benzene rings is 1. The number of nitrogen functional groups attached to an aromatic ring is 1. The standard InChI is InChI=1S/C13H22BrN3O2S/c1-4-7-17(9-8-16(2)3)20(18,19)13-6-5-11(14)10-12(13)15/h5-6,10H,4,7-9,15H2,1-3H3. The number of hydrogen-bond acceptors (Lipinski definition) is 4. The second-order valence-corrected chi connectivity index (χ2v) is 7.71. The Bertz CT molecular complexity index is 547. The second-order valence-electron chi connectivity index (χ2n) is 4.89. The first-order valence-corrected chi connectivity index (χ1v) is 8.72. The maximum absolute atomic E-state index is 12.7. The first kappa shape index (κ1) is 17.4. The highest BCUT2D eigenvalue weighted by Crippen LogP contribution is 2.25. The van der Waals surface area contributed by atoms with Gasteiger partial charge in [0.25, 0.3) is 0 Å². The lowest BCUT2D eigenvalue weighted by Crippen LogP contribution is -2.37. The smallest absolute Gasteiger partial charge is 0.245 e. The average molecular weight is 364 g/mol. The van der Waals surface area contributed by atoms with Gasteiger partial charge in [0.15, 0.2) is 0 Å². The Morgan fingerprint density at radius 3 is 2.35 bits per heavy atom. The molecule has 0 atom stereocenters. The molecule has 0 aliphatic heterocycles. The van der Waals surface area contributed by atoms with Crippen molar-refractivity contribution < 1.29 is 8.42 Å². The monoisotopic (exact) mass is 363 g/mol. The van der Waals surface area contributed by atoms with Crippen molar-refractivity contribution in [2.45, 2.75) is 18.2 Å². The predicted molar refractivity (Wildman–Crippen MR) is 86.2 cm³/mol. The molecule has 0 amide bonds. The number of anilines is 1. The summed E-state index contributed by atoms with van der Waals surface area (Å²) in [6.07, 6.45) is 0.767. The van der Waals surface area contributed by atoms with Gasteiger partial charge in [0, 0.05) is 24.1 Å². The summed E-state index contributed by atoms with van der Waals surface area (Å²) >= 11 is 3.29. The maximum Gasteiger partial charge on any atom is 0.245 e. The molecule has 2 N–H and O–H groups in total. The molecule has 0 aliphatic rings. The van der Waals surface area contributed by atoms with Gasteiger partial charge in [0.2, 0.25) is 10.0 Å². The summed E-state index contributed by atoms with van der Waals surface area (Å²) in [6, 6.07) is 4.86. The van der Waals surface area contributed by atoms with E-state index in [0.29, 0.717) is 19.6 Å². The van der Waals surface area contributed by atoms with Crippen molar-refractivity contribution in [1.82, 2.24) is 9.21 Å². The third kappa shape index (κ3) is 4.44. The van der Waals surface area contributed by atoms with E-state index in [0.717, 1.165) is 10.9 Å². The highest BCUT2D eigenvalue weighted by atomic mass is 79.9. The van der Waals surface area contributed by atoms with Crippen LogP contribution in [0.15, 0.2) is 27.6 Å². The molecule has 1 aromatic carbocycles. The molecule has 20 heavy (non-hydrogen) atoms. The molecule has 0 aromatic heterocycles. The highest BCUT2D eigenvalue weighted by Gasteiger charge is 2.25. The van der Waals surface area contributed by atoms with Gasteiger partial charge in [0.05, 0.1) is 5.69 Å². The molecule has 0 fully saturated rings. The molecule has 1 aromatic rings. The Balaban J connectivity index is 3.08. The number of nitrogens with zero attached hydrogens (tertiary/aromatic N) is 2. The van der Waals surface area contributed by atoms with E-state index in [4.69, 9.17) is 5.73 Å². The van der Waals surface area contributed by atoms with E-state index < -0.39 is 10.0 Å². The molecule has 7 heteroatoms. The summed E-state index contributed by atoms with van der Waals surface area (Å²) in [5.41, 5.74) is 6.12. The van der Waals surface area contributed by atoms with E-state index in [1.807, 2.05) is 25.9 Å². The van der Waals surface area contributed by atoms with Crippen LogP contribution in [0, 0.1) is 0 Å². The van der Waals surface area contributed by atoms with Gasteiger partial charge in [-0.3, -0.25) is 0 Å². The molecule has 0 saturated heterocycles. The molecule has 0 bridgehead atoms. The Hall–Kier alpha value is -0.630. The number of rotatable bonds is 7. The van der Waals surface area contributed by atoms with Crippen molar-refractivity contribution in [2.75, 3.05) is 39.5 Å². The lowest BCUT2D eigenvalue weighted by atomic mass is 10.3. The van der Waals surface area contributed by atoms with Crippen LogP contribution in [0.25, 0.3) is 0 Å². The minimum absolute atomic E-state index is 0.174. The molecule has 0 spiro atoms. The second kappa shape index (κ2) is 7.40. The fourth-order valence-electron chi connectivity index (χ4n) is 1.81. The van der Waals surface area contributed by atoms with E-state index in [9.17, 15) is 8.42 Å². The van der Waals surface area contributed by atoms with Crippen LogP contribution in [-0.4, -0.2) is 51.4 Å². The van der Waals surface area contributed by atoms with Crippen LogP contribution in [0.3, 0.4) is 0 Å². The zero-order chi connectivity index (χ0) is 15.3. The van der Waals surface area contributed by atoms with E-state index in [2.05, 4.69) is 15.9 Å². The Kier molecular flexibility index (Phi) is 6.44. The van der Waals surface area contributed by atoms with Crippen molar-refractivity contribution in [3.05, 3.63) is 22.7 Å². The van der Waals surface area contributed by atoms with Gasteiger partial charge in [-0.15, -0.1) is 0 Å². The molecule has 0 heterocycles. The Morgan fingerprint density at radius 1 is 1.20 bits per heavy atom. The SMILES string of the molecule is CCCN(CCN(C)C)S(=O)(=O)c1ccc(Br)cc1N. The van der Waals surface area contributed by atoms with Gasteiger partial charge in [-0.2, -0.15) is 4.31 Å². The predicted octanol–water partition coefficient (Wildman–Crippen LogP) is 1.99. The van der Waals surface area contributed by atoms with Crippen molar-refractivity contribution >= 4 is 31.6 Å². The van der Waals surface area contributed by atoms with Crippen LogP contribution in [-0.2, 0) is 10.0 Å². The molecule has 114 valence electrons. The first-order chi connectivity index (χ1) is 9.28. The lowest BCUT2D eigenvalue weighted by molar-refractivity contribution is 0.333. The fraction of sp³-hybridized carbons (Fsp3) is 0.538. The number of halogens is 1. The number of nitrogens with two attached hydrogens (primary N) is 1. The maximum atomic E-state index is 12.7. The summed E-state index contributed by atoms with van der Waals surface area (Å²) in [5.74, 6) is 0. The molecule has 0 unspecified atom stereocenters. The quantitative estimate of drug-likeness (QED) is 0.752. The van der Waals surface area contributed by atoms with Crippen LogP contribution in [0.4, 0.5) is 5.69 Å². The summed E-state index contributed by atoms with van der Waals surface area (Å²) < 4.78 is 27.6. The van der Waals surface area contributed by atoms with Gasteiger partial charge < -0.3 is 10.6 Å². The summed E-state index contributed by atoms with van der Waals surface area (Å²) in [4.78, 5) is 2.14. The molecular weight excluding hydrogens is 342 g/mol. The normalized spacial score (nSPS) is 12.3. The third-order valence-corrected chi connectivity index (χ3v) is 5.33. The third-order valence-electron chi connectivity index (χ3n) is 2.86. The number of hydrogen-bond donors (Lipinski definition) is 1. The number of likely N-dealkylation sites (N-methyl/N-ethyl adjacent to an activating group) is 1. The molecular formula is C13H22BrN3O2S. The first-order valence-electron chi connectivity index (χ1n) is 6.49. The van der Waals surface area contributed by atoms with Gasteiger partial charge in [-0.05, 0) is 38.7 Å². The van der Waals surface area contributed by atoms with Crippen LogP contribution in [0.5, 0.6) is 0 Å². The zero-order valence-electron chi connectivity index (χ0n) is 12.1. The van der Waals surface area contributed by atoms with E-state index in [1.165, 1.54) is 4.31 Å². The van der Waals surface area contributed by atoms with Crippen LogP contribution in [0.2, 0.25) is 0 Å². The molecule has 1 rings (SSSR count). The van der Waals surface area contributed by atoms with E-state index in [1.54, 1.807) is 18.2 Å². The Labute approximate surface area is 129 Å². The van der Waals surface area contributed by atoms with Crippen molar-refractivity contribution in [2.24, 2.45) is 0 Å². The molecule has 0 saturated carbocycles. The van der Waals surface area contributed by atoms with Gasteiger partial charge in [-0.25, -0.2) is 8.42 Å². The summed E-state index contributed by atoms with van der Waals surface area (Å²) in [5, 5.41) is 0. The van der Waals surface area contributed by atoms with Gasteiger partial charge >= 0.3 is 0 Å². The molecule has 0 aliphatic carbocycles. The average Bonchev–Trinajstić information content (AvgIpc) is 2.33. The van der Waals surface area contributed by atoms with Gasteiger partial charge in [0.1, 0.15) is 4.90 Å². The van der Waals surface area contributed by atoms with E-state index >= 15 is 0 Å². The minimum Gasteiger partial charge on any atom is -0.398 e. The minimum atomic E-state index is -3.55. The lowest BCUT2D eigenvalue weighted by Gasteiger charge is -2.24. The zero-order valence-corrected chi connectivity index (χ0v) is 14.5. The van der Waals surface area contributed by atoms with Crippen LogP contribution in [0.1, 0.15) is 13.3 Å². The molecule has 0 radical (unpaired) electrons. The van der Waals surface area contributed by atoms with E-state index in [-0.39, 0.29) is 10.6 Å². The van der Waals surface area contributed by atoms with Crippen molar-refractivity contribution in [3.63, 3.8) is 0 Å². The van der Waals surface area contributed by atoms with Crippen LogP contribution < -0.4 is 5.73 Å². The van der Waals surface area contributed by atoms with Crippen molar-refractivity contribution in [1.29, 1.82) is 0 Å². The van der Waals surface area contributed by atoms with Crippen LogP contribution >= 0.6 is 15.9 Å². The van der Waals surface area contributed by atoms with Gasteiger partial charge in [-0.1, -0.05) is 22.9 Å². The largest absolute Gasteiger partial charge is 0.398 e. The van der Waals surface area contributed by atoms with Crippen molar-refractivity contribution in [3.8, 4) is 0 Å². The number of sulfonamides is 1. The Morgan fingerprint density at radius 2 is 1.85 bits per heavy atom. The molecule has 5 nitrogen and oxygen atoms in total. The fourth-order valence-corrected chi connectivity index (χ4v) is 3.81. The summed E-state index contributed by atoms with van der Waals surface area (Å²) in [6.45, 7) is 3.59.